The van der Waals surface area contributed by atoms with Crippen molar-refractivity contribution in [1.29, 1.82) is 0 Å². The number of halogens is 1. The highest BCUT2D eigenvalue weighted by atomic mass is 127. The van der Waals surface area contributed by atoms with Gasteiger partial charge in [0.1, 0.15) is 5.60 Å². The molecule has 0 atom stereocenters. The summed E-state index contributed by atoms with van der Waals surface area (Å²) in [4.78, 5) is 0.253. The molecule has 0 saturated heterocycles. The minimum atomic E-state index is -3.47. The van der Waals surface area contributed by atoms with E-state index in [1.54, 1.807) is 24.3 Å². The lowest BCUT2D eigenvalue weighted by Gasteiger charge is -2.30. The first kappa shape index (κ1) is 15.8. The predicted octanol–water partition coefficient (Wildman–Crippen LogP) is 1.88. The van der Waals surface area contributed by atoms with Gasteiger partial charge in [-0.3, -0.25) is 0 Å². The Bertz CT molecular complexity index is 625. The molecule has 1 aliphatic rings. The van der Waals surface area contributed by atoms with Crippen LogP contribution in [0.1, 0.15) is 25.7 Å². The first-order valence-corrected chi connectivity index (χ1v) is 8.95. The molecule has 1 aromatic carbocycles. The van der Waals surface area contributed by atoms with Crippen LogP contribution in [0.25, 0.3) is 0 Å². The van der Waals surface area contributed by atoms with Gasteiger partial charge in [-0.2, -0.15) is 0 Å². The number of nitrogens with one attached hydrogen (secondary N) is 1. The summed E-state index contributed by atoms with van der Waals surface area (Å²) >= 11 is 2.12. The van der Waals surface area contributed by atoms with Crippen molar-refractivity contribution in [2.45, 2.75) is 36.2 Å². The van der Waals surface area contributed by atoms with Crippen LogP contribution in [0.4, 0.5) is 0 Å². The van der Waals surface area contributed by atoms with Gasteiger partial charge < -0.3 is 5.11 Å². The lowest BCUT2D eigenvalue weighted by Crippen LogP contribution is -2.34. The Morgan fingerprint density at radius 2 is 1.95 bits per heavy atom. The van der Waals surface area contributed by atoms with Crippen molar-refractivity contribution in [3.63, 3.8) is 0 Å². The van der Waals surface area contributed by atoms with Crippen LogP contribution in [0, 0.1) is 15.4 Å². The quantitative estimate of drug-likeness (QED) is 0.457. The molecule has 0 aliphatic heterocycles. The average molecular weight is 405 g/mol. The summed E-state index contributed by atoms with van der Waals surface area (Å²) in [7, 11) is -3.47. The summed E-state index contributed by atoms with van der Waals surface area (Å²) in [5.74, 6) is 5.63. The Morgan fingerprint density at radius 1 is 1.30 bits per heavy atom. The van der Waals surface area contributed by atoms with Crippen molar-refractivity contribution >= 4 is 32.6 Å². The molecule has 2 N–H and O–H groups in total. The minimum Gasteiger partial charge on any atom is -0.378 e. The molecule has 2 rings (SSSR count). The summed E-state index contributed by atoms with van der Waals surface area (Å²) in [5, 5.41) is 9.76. The topological polar surface area (TPSA) is 66.4 Å². The minimum absolute atomic E-state index is 0.247. The largest absolute Gasteiger partial charge is 0.378 e. The zero-order valence-corrected chi connectivity index (χ0v) is 13.9. The third-order valence-corrected chi connectivity index (χ3v) is 5.36. The van der Waals surface area contributed by atoms with Gasteiger partial charge in [-0.25, -0.2) is 13.1 Å². The molecule has 0 aromatic heterocycles. The monoisotopic (exact) mass is 405 g/mol. The molecule has 0 bridgehead atoms. The summed E-state index contributed by atoms with van der Waals surface area (Å²) < 4.78 is 27.4. The van der Waals surface area contributed by atoms with Gasteiger partial charge in [-0.05, 0) is 66.1 Å². The van der Waals surface area contributed by atoms with Gasteiger partial charge in [0.15, 0.2) is 0 Å². The Labute approximate surface area is 133 Å². The first-order chi connectivity index (χ1) is 9.41. The molecular weight excluding hydrogens is 389 g/mol. The van der Waals surface area contributed by atoms with E-state index < -0.39 is 15.6 Å². The Morgan fingerprint density at radius 3 is 2.50 bits per heavy atom. The molecule has 4 nitrogen and oxygen atoms in total. The lowest BCUT2D eigenvalue weighted by molar-refractivity contribution is 0.0239. The summed E-state index contributed by atoms with van der Waals surface area (Å²) in [6, 6.07) is 6.65. The van der Waals surface area contributed by atoms with E-state index >= 15 is 0 Å². The summed E-state index contributed by atoms with van der Waals surface area (Å²) in [6.45, 7) is 0.247. The highest BCUT2D eigenvalue weighted by Crippen LogP contribution is 2.30. The molecule has 1 aliphatic carbocycles. The van der Waals surface area contributed by atoms with E-state index in [4.69, 9.17) is 0 Å². The maximum atomic E-state index is 12.0. The van der Waals surface area contributed by atoms with Crippen LogP contribution in [0.5, 0.6) is 0 Å². The molecule has 108 valence electrons. The Hall–Kier alpha value is -0.620. The third-order valence-electron chi connectivity index (χ3n) is 3.17. The summed E-state index contributed by atoms with van der Waals surface area (Å²) in [5.41, 5.74) is -0.824. The summed E-state index contributed by atoms with van der Waals surface area (Å²) in [6.07, 6.45) is 2.83. The number of sulfonamides is 1. The molecule has 1 saturated carbocycles. The number of hydrogen-bond donors (Lipinski definition) is 2. The van der Waals surface area contributed by atoms with Crippen LogP contribution in [0.15, 0.2) is 29.2 Å². The zero-order valence-electron chi connectivity index (χ0n) is 10.9. The van der Waals surface area contributed by atoms with Crippen LogP contribution < -0.4 is 4.72 Å². The molecule has 1 fully saturated rings. The zero-order chi connectivity index (χ0) is 14.6. The van der Waals surface area contributed by atoms with Gasteiger partial charge >= 0.3 is 0 Å². The normalized spacial score (nSPS) is 16.9. The van der Waals surface area contributed by atoms with Gasteiger partial charge in [0.25, 0.3) is 0 Å². The van der Waals surface area contributed by atoms with Crippen molar-refractivity contribution in [2.24, 2.45) is 0 Å². The smallest absolute Gasteiger partial charge is 0.240 e. The second-order valence-corrected chi connectivity index (χ2v) is 7.80. The number of rotatable bonds is 4. The molecular formula is C14H16INO3S. The maximum Gasteiger partial charge on any atom is 0.240 e. The van der Waals surface area contributed by atoms with Crippen molar-refractivity contribution in [2.75, 3.05) is 6.54 Å². The fraction of sp³-hybridized carbons (Fsp3) is 0.429. The second-order valence-electron chi connectivity index (χ2n) is 4.79. The van der Waals surface area contributed by atoms with Crippen LogP contribution in [-0.2, 0) is 10.0 Å². The van der Waals surface area contributed by atoms with E-state index in [2.05, 4.69) is 39.2 Å². The molecule has 0 heterocycles. The molecule has 1 aromatic rings. The fourth-order valence-electron chi connectivity index (χ4n) is 1.81. The number of benzene rings is 1. The van der Waals surface area contributed by atoms with Gasteiger partial charge in [0, 0.05) is 16.5 Å². The van der Waals surface area contributed by atoms with E-state index in [-0.39, 0.29) is 11.4 Å². The van der Waals surface area contributed by atoms with Gasteiger partial charge in [0.05, 0.1) is 4.90 Å². The highest BCUT2D eigenvalue weighted by Gasteiger charge is 2.31. The third kappa shape index (κ3) is 4.19. The SMILES string of the molecule is O=S(=O)(NCCC#CC1(O)CCC1)c1ccc(I)cc1. The molecule has 0 unspecified atom stereocenters. The van der Waals surface area contributed by atoms with Crippen LogP contribution in [0.2, 0.25) is 0 Å². The predicted molar refractivity (Wildman–Crippen MR) is 85.5 cm³/mol. The molecule has 6 heteroatoms. The highest BCUT2D eigenvalue weighted by molar-refractivity contribution is 14.1. The van der Waals surface area contributed by atoms with Gasteiger partial charge in [-0.15, -0.1) is 0 Å². The van der Waals surface area contributed by atoms with E-state index in [0.29, 0.717) is 19.3 Å². The Balaban J connectivity index is 1.85. The van der Waals surface area contributed by atoms with Crippen molar-refractivity contribution < 1.29 is 13.5 Å². The Kier molecular flexibility index (Phi) is 5.07. The number of hydrogen-bond acceptors (Lipinski definition) is 3. The fourth-order valence-corrected chi connectivity index (χ4v) is 3.20. The van der Waals surface area contributed by atoms with Crippen LogP contribution in [-0.4, -0.2) is 25.7 Å². The van der Waals surface area contributed by atoms with Crippen LogP contribution >= 0.6 is 22.6 Å². The van der Waals surface area contributed by atoms with Crippen LogP contribution in [0.3, 0.4) is 0 Å². The van der Waals surface area contributed by atoms with Crippen molar-refractivity contribution in [1.82, 2.24) is 4.72 Å². The van der Waals surface area contributed by atoms with Crippen molar-refractivity contribution in [3.8, 4) is 11.8 Å². The van der Waals surface area contributed by atoms with E-state index in [1.165, 1.54) is 0 Å². The van der Waals surface area contributed by atoms with E-state index in [1.807, 2.05) is 0 Å². The van der Waals surface area contributed by atoms with Gasteiger partial charge in [0.2, 0.25) is 10.0 Å². The maximum absolute atomic E-state index is 12.0. The molecule has 0 radical (unpaired) electrons. The lowest BCUT2D eigenvalue weighted by atomic mass is 9.81. The molecule has 0 amide bonds. The molecule has 20 heavy (non-hydrogen) atoms. The van der Waals surface area contributed by atoms with Crippen molar-refractivity contribution in [3.05, 3.63) is 27.8 Å². The standard InChI is InChI=1S/C14H16INO3S/c15-12-4-6-13(7-5-12)20(18,19)16-11-2-1-8-14(17)9-3-10-14/h4-7,16-17H,2-3,9-11H2. The van der Waals surface area contributed by atoms with Gasteiger partial charge in [-0.1, -0.05) is 11.8 Å². The number of aliphatic hydroxyl groups is 1. The first-order valence-electron chi connectivity index (χ1n) is 6.39. The second kappa shape index (κ2) is 6.43. The average Bonchev–Trinajstić information content (AvgIpc) is 2.36. The van der Waals surface area contributed by atoms with E-state index in [9.17, 15) is 13.5 Å². The molecule has 0 spiro atoms. The van der Waals surface area contributed by atoms with E-state index in [0.717, 1.165) is 9.99 Å².